The summed E-state index contributed by atoms with van der Waals surface area (Å²) in [5.74, 6) is -0.537. The highest BCUT2D eigenvalue weighted by Crippen LogP contribution is 2.29. The summed E-state index contributed by atoms with van der Waals surface area (Å²) in [6, 6.07) is 6.32. The molecule has 5 nitrogen and oxygen atoms in total. The molecule has 2 rings (SSSR count). The topological polar surface area (TPSA) is 69.6 Å². The van der Waals surface area contributed by atoms with Gasteiger partial charge < -0.3 is 10.4 Å². The maximum Gasteiger partial charge on any atom is 0.327 e. The number of anilines is 1. The maximum absolute atomic E-state index is 12.2. The number of benzene rings is 1. The molecular formula is C13H16N2O3S2. The van der Waals surface area contributed by atoms with Gasteiger partial charge in [-0.05, 0) is 37.4 Å². The Bertz CT molecular complexity index is 507. The van der Waals surface area contributed by atoms with Crippen molar-refractivity contribution in [1.29, 1.82) is 0 Å². The van der Waals surface area contributed by atoms with Crippen LogP contribution >= 0.6 is 23.5 Å². The van der Waals surface area contributed by atoms with Gasteiger partial charge in [0.2, 0.25) is 0 Å². The van der Waals surface area contributed by atoms with Crippen molar-refractivity contribution in [2.45, 2.75) is 23.2 Å². The number of carboxylic acid groups (broad SMARTS) is 1. The fraction of sp³-hybridized carbons (Fsp3) is 0.385. The molecule has 0 bridgehead atoms. The van der Waals surface area contributed by atoms with Crippen LogP contribution in [0, 0.1) is 0 Å². The van der Waals surface area contributed by atoms with Gasteiger partial charge in [0.1, 0.15) is 6.04 Å². The summed E-state index contributed by atoms with van der Waals surface area (Å²) in [7, 11) is 0. The zero-order valence-electron chi connectivity index (χ0n) is 11.2. The highest BCUT2D eigenvalue weighted by molar-refractivity contribution is 8.00. The SMILES string of the molecule is CSc1ccc(NC(=O)N2C(C)SCC2C(=O)O)cc1. The number of thioether (sulfide) groups is 2. The fourth-order valence-corrected chi connectivity index (χ4v) is 3.58. The number of hydrogen-bond donors (Lipinski definition) is 2. The lowest BCUT2D eigenvalue weighted by atomic mass is 10.3. The van der Waals surface area contributed by atoms with E-state index in [0.29, 0.717) is 11.4 Å². The van der Waals surface area contributed by atoms with Crippen LogP contribution in [0.4, 0.5) is 10.5 Å². The number of carboxylic acids is 1. The monoisotopic (exact) mass is 312 g/mol. The predicted octanol–water partition coefficient (Wildman–Crippen LogP) is 2.79. The lowest BCUT2D eigenvalue weighted by Crippen LogP contribution is -2.46. The van der Waals surface area contributed by atoms with Crippen LogP contribution in [0.5, 0.6) is 0 Å². The van der Waals surface area contributed by atoms with Gasteiger partial charge in [0.25, 0.3) is 0 Å². The highest BCUT2D eigenvalue weighted by Gasteiger charge is 2.39. The van der Waals surface area contributed by atoms with Gasteiger partial charge in [0, 0.05) is 16.3 Å². The minimum Gasteiger partial charge on any atom is -0.480 e. The number of hydrogen-bond acceptors (Lipinski definition) is 4. The van der Waals surface area contributed by atoms with Crippen molar-refractivity contribution < 1.29 is 14.7 Å². The van der Waals surface area contributed by atoms with Crippen LogP contribution in [0.3, 0.4) is 0 Å². The summed E-state index contributed by atoms with van der Waals surface area (Å²) in [6.07, 6.45) is 1.98. The van der Waals surface area contributed by atoms with Crippen molar-refractivity contribution in [3.8, 4) is 0 Å². The van der Waals surface area contributed by atoms with Crippen molar-refractivity contribution >= 4 is 41.2 Å². The average Bonchev–Trinajstić information content (AvgIpc) is 2.81. The number of aliphatic carboxylic acids is 1. The molecule has 20 heavy (non-hydrogen) atoms. The standard InChI is InChI=1S/C13H16N2O3S2/c1-8-15(11(7-20-8)12(16)17)13(18)14-9-3-5-10(19-2)6-4-9/h3-6,8,11H,7H2,1-2H3,(H,14,18)(H,16,17). The molecule has 0 aromatic heterocycles. The van der Waals surface area contributed by atoms with Crippen molar-refractivity contribution in [1.82, 2.24) is 4.90 Å². The van der Waals surface area contributed by atoms with Crippen LogP contribution < -0.4 is 5.32 Å². The summed E-state index contributed by atoms with van der Waals surface area (Å²) in [5, 5.41) is 11.8. The van der Waals surface area contributed by atoms with E-state index in [1.807, 2.05) is 37.4 Å². The second-order valence-electron chi connectivity index (χ2n) is 4.35. The Morgan fingerprint density at radius 1 is 1.40 bits per heavy atom. The van der Waals surface area contributed by atoms with Crippen LogP contribution in [0.25, 0.3) is 0 Å². The molecule has 2 N–H and O–H groups in total. The van der Waals surface area contributed by atoms with Gasteiger partial charge in [-0.1, -0.05) is 0 Å². The van der Waals surface area contributed by atoms with E-state index in [1.165, 1.54) is 16.7 Å². The van der Waals surface area contributed by atoms with E-state index in [9.17, 15) is 9.59 Å². The molecule has 0 saturated carbocycles. The molecule has 1 aromatic carbocycles. The van der Waals surface area contributed by atoms with E-state index < -0.39 is 12.0 Å². The highest BCUT2D eigenvalue weighted by atomic mass is 32.2. The molecule has 1 aromatic rings. The third-order valence-corrected chi connectivity index (χ3v) is 5.04. The lowest BCUT2D eigenvalue weighted by molar-refractivity contribution is -0.141. The number of nitrogens with zero attached hydrogens (tertiary/aromatic N) is 1. The number of rotatable bonds is 3. The Morgan fingerprint density at radius 2 is 2.05 bits per heavy atom. The molecule has 1 aliphatic rings. The first-order valence-electron chi connectivity index (χ1n) is 6.10. The first-order valence-corrected chi connectivity index (χ1v) is 8.38. The number of amides is 2. The second kappa shape index (κ2) is 6.41. The summed E-state index contributed by atoms with van der Waals surface area (Å²) >= 11 is 3.09. The van der Waals surface area contributed by atoms with Crippen molar-refractivity contribution in [2.75, 3.05) is 17.3 Å². The summed E-state index contributed by atoms with van der Waals surface area (Å²) in [6.45, 7) is 1.84. The molecule has 7 heteroatoms. The largest absolute Gasteiger partial charge is 0.480 e. The van der Waals surface area contributed by atoms with Crippen molar-refractivity contribution in [3.05, 3.63) is 24.3 Å². The van der Waals surface area contributed by atoms with E-state index in [4.69, 9.17) is 5.11 Å². The van der Waals surface area contributed by atoms with Gasteiger partial charge in [-0.2, -0.15) is 0 Å². The maximum atomic E-state index is 12.2. The molecule has 1 heterocycles. The molecule has 0 radical (unpaired) electrons. The molecule has 0 aliphatic carbocycles. The molecule has 1 saturated heterocycles. The number of carbonyl (C=O) groups is 2. The molecule has 2 atom stereocenters. The zero-order chi connectivity index (χ0) is 14.7. The lowest BCUT2D eigenvalue weighted by Gasteiger charge is -2.25. The van der Waals surface area contributed by atoms with E-state index >= 15 is 0 Å². The van der Waals surface area contributed by atoms with Crippen molar-refractivity contribution in [3.63, 3.8) is 0 Å². The van der Waals surface area contributed by atoms with Gasteiger partial charge >= 0.3 is 12.0 Å². The Morgan fingerprint density at radius 3 is 2.60 bits per heavy atom. The second-order valence-corrected chi connectivity index (χ2v) is 6.58. The summed E-state index contributed by atoms with van der Waals surface area (Å²) in [5.41, 5.74) is 0.668. The Kier molecular flexibility index (Phi) is 4.82. The Balaban J connectivity index is 2.08. The quantitative estimate of drug-likeness (QED) is 0.840. The molecular weight excluding hydrogens is 296 g/mol. The number of urea groups is 1. The third-order valence-electron chi connectivity index (χ3n) is 3.08. The van der Waals surface area contributed by atoms with E-state index in [-0.39, 0.29) is 11.4 Å². The number of nitrogens with one attached hydrogen (secondary N) is 1. The van der Waals surface area contributed by atoms with E-state index in [0.717, 1.165) is 4.90 Å². The van der Waals surface area contributed by atoms with Crippen LogP contribution in [0.15, 0.2) is 29.2 Å². The average molecular weight is 312 g/mol. The molecule has 0 spiro atoms. The minimum absolute atomic E-state index is 0.137. The van der Waals surface area contributed by atoms with Crippen LogP contribution in [0.2, 0.25) is 0 Å². The molecule has 1 aliphatic heterocycles. The fourth-order valence-electron chi connectivity index (χ4n) is 2.00. The van der Waals surface area contributed by atoms with Gasteiger partial charge in [-0.15, -0.1) is 23.5 Å². The molecule has 1 fully saturated rings. The smallest absolute Gasteiger partial charge is 0.327 e. The molecule has 2 unspecified atom stereocenters. The minimum atomic E-state index is -0.963. The Hall–Kier alpha value is -1.34. The summed E-state index contributed by atoms with van der Waals surface area (Å²) in [4.78, 5) is 25.9. The summed E-state index contributed by atoms with van der Waals surface area (Å²) < 4.78 is 0. The third kappa shape index (κ3) is 3.21. The first kappa shape index (κ1) is 15.1. The van der Waals surface area contributed by atoms with Gasteiger partial charge in [0.05, 0.1) is 5.37 Å². The van der Waals surface area contributed by atoms with Crippen molar-refractivity contribution in [2.24, 2.45) is 0 Å². The Labute approximate surface area is 126 Å². The normalized spacial score (nSPS) is 21.8. The van der Waals surface area contributed by atoms with Gasteiger partial charge in [-0.25, -0.2) is 9.59 Å². The van der Waals surface area contributed by atoms with Gasteiger partial charge in [-0.3, -0.25) is 4.90 Å². The number of carbonyl (C=O) groups excluding carboxylic acids is 1. The molecule has 108 valence electrons. The predicted molar refractivity (Wildman–Crippen MR) is 82.4 cm³/mol. The van der Waals surface area contributed by atoms with Crippen LogP contribution in [-0.4, -0.2) is 45.4 Å². The molecule has 2 amide bonds. The van der Waals surface area contributed by atoms with Crippen LogP contribution in [0.1, 0.15) is 6.92 Å². The van der Waals surface area contributed by atoms with E-state index in [2.05, 4.69) is 5.32 Å². The van der Waals surface area contributed by atoms with Gasteiger partial charge in [0.15, 0.2) is 0 Å². The zero-order valence-corrected chi connectivity index (χ0v) is 12.8. The first-order chi connectivity index (χ1) is 9.52. The van der Waals surface area contributed by atoms with Crippen LogP contribution in [-0.2, 0) is 4.79 Å². The van der Waals surface area contributed by atoms with E-state index in [1.54, 1.807) is 11.8 Å².